The molecule has 2 heterocycles. The zero-order chi connectivity index (χ0) is 21.3. The molecule has 4 rings (SSSR count). The number of fused-ring (bicyclic) bond motifs is 1. The summed E-state index contributed by atoms with van der Waals surface area (Å²) in [6.45, 7) is 3.88. The molecule has 1 fully saturated rings. The molecule has 8 nitrogen and oxygen atoms in total. The lowest BCUT2D eigenvalue weighted by atomic mass is 10.1. The first-order chi connectivity index (χ1) is 14.5. The smallest absolute Gasteiger partial charge is 0.342 e. The topological polar surface area (TPSA) is 99.6 Å². The van der Waals surface area contributed by atoms with Crippen molar-refractivity contribution in [1.29, 1.82) is 0 Å². The Morgan fingerprint density at radius 2 is 2.03 bits per heavy atom. The summed E-state index contributed by atoms with van der Waals surface area (Å²) < 4.78 is 15.6. The normalized spacial score (nSPS) is 15.6. The summed E-state index contributed by atoms with van der Waals surface area (Å²) in [5.41, 5.74) is 1.82. The van der Waals surface area contributed by atoms with Crippen molar-refractivity contribution >= 4 is 23.6 Å². The van der Waals surface area contributed by atoms with Gasteiger partial charge in [-0.25, -0.2) is 14.8 Å². The van der Waals surface area contributed by atoms with Crippen LogP contribution in [0.3, 0.4) is 0 Å². The SMILES string of the molecule is COC(=O)c1c(C)nc(C2CC2)nc1SCC(=O)NC(C)c1ccc2c(c1)OCO2. The summed E-state index contributed by atoms with van der Waals surface area (Å²) in [5.74, 6) is 1.92. The molecule has 1 aromatic carbocycles. The van der Waals surface area contributed by atoms with Gasteiger partial charge < -0.3 is 19.5 Å². The molecular formula is C21H23N3O5S. The third-order valence-electron chi connectivity index (χ3n) is 5.02. The van der Waals surface area contributed by atoms with Gasteiger partial charge in [-0.05, 0) is 44.4 Å². The van der Waals surface area contributed by atoms with E-state index in [0.717, 1.165) is 24.2 Å². The first-order valence-electron chi connectivity index (χ1n) is 9.74. The van der Waals surface area contributed by atoms with Crippen LogP contribution >= 0.6 is 11.8 Å². The monoisotopic (exact) mass is 429 g/mol. The highest BCUT2D eigenvalue weighted by atomic mass is 32.2. The van der Waals surface area contributed by atoms with Gasteiger partial charge in [0.2, 0.25) is 12.7 Å². The van der Waals surface area contributed by atoms with Gasteiger partial charge in [-0.15, -0.1) is 0 Å². The molecule has 1 amide bonds. The zero-order valence-corrected chi connectivity index (χ0v) is 17.9. The number of amides is 1. The van der Waals surface area contributed by atoms with E-state index in [9.17, 15) is 9.59 Å². The summed E-state index contributed by atoms with van der Waals surface area (Å²) in [6.07, 6.45) is 2.10. The number of esters is 1. The van der Waals surface area contributed by atoms with E-state index in [4.69, 9.17) is 14.2 Å². The van der Waals surface area contributed by atoms with Crippen LogP contribution in [0.4, 0.5) is 0 Å². The van der Waals surface area contributed by atoms with E-state index in [1.165, 1.54) is 18.9 Å². The number of hydrogen-bond acceptors (Lipinski definition) is 8. The Balaban J connectivity index is 1.43. The number of aryl methyl sites for hydroxylation is 1. The number of carbonyl (C=O) groups excluding carboxylic acids is 2. The van der Waals surface area contributed by atoms with Gasteiger partial charge in [0, 0.05) is 5.92 Å². The largest absolute Gasteiger partial charge is 0.465 e. The van der Waals surface area contributed by atoms with E-state index in [2.05, 4.69) is 15.3 Å². The van der Waals surface area contributed by atoms with Crippen LogP contribution in [0.2, 0.25) is 0 Å². The van der Waals surface area contributed by atoms with Crippen LogP contribution in [-0.4, -0.2) is 41.5 Å². The van der Waals surface area contributed by atoms with Gasteiger partial charge in [0.25, 0.3) is 0 Å². The van der Waals surface area contributed by atoms with E-state index in [1.807, 2.05) is 25.1 Å². The van der Waals surface area contributed by atoms with E-state index in [1.54, 1.807) is 6.92 Å². The lowest BCUT2D eigenvalue weighted by Gasteiger charge is -2.15. The number of rotatable bonds is 7. The van der Waals surface area contributed by atoms with Crippen molar-refractivity contribution in [2.24, 2.45) is 0 Å². The third kappa shape index (κ3) is 4.35. The Kier molecular flexibility index (Phi) is 5.80. The average Bonchev–Trinajstić information content (AvgIpc) is 3.48. The van der Waals surface area contributed by atoms with Gasteiger partial charge in [0.15, 0.2) is 11.5 Å². The minimum Gasteiger partial charge on any atom is -0.465 e. The number of nitrogens with one attached hydrogen (secondary N) is 1. The standard InChI is InChI=1S/C21H23N3O5S/c1-11(14-6-7-15-16(8-14)29-10-28-15)22-17(25)9-30-20-18(21(26)27-3)12(2)23-19(24-20)13-4-5-13/h6-8,11,13H,4-5,9-10H2,1-3H3,(H,22,25). The number of methoxy groups -OCH3 is 1. The van der Waals surface area contributed by atoms with Crippen molar-refractivity contribution in [3.63, 3.8) is 0 Å². The maximum atomic E-state index is 12.6. The van der Waals surface area contributed by atoms with Crippen molar-refractivity contribution < 1.29 is 23.8 Å². The fraction of sp³-hybridized carbons (Fsp3) is 0.429. The summed E-state index contributed by atoms with van der Waals surface area (Å²) in [7, 11) is 1.32. The predicted octanol–water partition coefficient (Wildman–Crippen LogP) is 3.15. The number of thioether (sulfide) groups is 1. The summed E-state index contributed by atoms with van der Waals surface area (Å²) >= 11 is 1.22. The molecule has 1 aliphatic carbocycles. The number of hydrogen-bond donors (Lipinski definition) is 1. The van der Waals surface area contributed by atoms with Crippen LogP contribution in [0.5, 0.6) is 11.5 Å². The van der Waals surface area contributed by atoms with E-state index < -0.39 is 5.97 Å². The van der Waals surface area contributed by atoms with Crippen LogP contribution in [0.15, 0.2) is 23.2 Å². The number of nitrogens with zero attached hydrogens (tertiary/aromatic N) is 2. The van der Waals surface area contributed by atoms with Gasteiger partial charge in [-0.3, -0.25) is 4.79 Å². The zero-order valence-electron chi connectivity index (χ0n) is 17.1. The van der Waals surface area contributed by atoms with Gasteiger partial charge in [-0.2, -0.15) is 0 Å². The molecular weight excluding hydrogens is 406 g/mol. The lowest BCUT2D eigenvalue weighted by Crippen LogP contribution is -2.28. The Labute approximate surface area is 178 Å². The molecule has 0 radical (unpaired) electrons. The Hall–Kier alpha value is -2.81. The fourth-order valence-corrected chi connectivity index (χ4v) is 4.10. The van der Waals surface area contributed by atoms with Crippen LogP contribution in [0, 0.1) is 6.92 Å². The number of benzene rings is 1. The average molecular weight is 429 g/mol. The molecule has 0 saturated heterocycles. The lowest BCUT2D eigenvalue weighted by molar-refractivity contribution is -0.119. The Morgan fingerprint density at radius 3 is 2.77 bits per heavy atom. The molecule has 0 spiro atoms. The summed E-state index contributed by atoms with van der Waals surface area (Å²) in [4.78, 5) is 33.8. The molecule has 9 heteroatoms. The van der Waals surface area contributed by atoms with Gasteiger partial charge in [-0.1, -0.05) is 17.8 Å². The number of carbonyl (C=O) groups is 2. The molecule has 1 aromatic heterocycles. The molecule has 1 N–H and O–H groups in total. The Morgan fingerprint density at radius 1 is 1.27 bits per heavy atom. The van der Waals surface area contributed by atoms with Gasteiger partial charge >= 0.3 is 5.97 Å². The van der Waals surface area contributed by atoms with Crippen molar-refractivity contribution in [1.82, 2.24) is 15.3 Å². The van der Waals surface area contributed by atoms with Crippen LogP contribution in [0.25, 0.3) is 0 Å². The van der Waals surface area contributed by atoms with E-state index >= 15 is 0 Å². The molecule has 0 bridgehead atoms. The predicted molar refractivity (Wildman–Crippen MR) is 110 cm³/mol. The highest BCUT2D eigenvalue weighted by molar-refractivity contribution is 8.00. The molecule has 1 atom stereocenters. The first kappa shape index (κ1) is 20.5. The van der Waals surface area contributed by atoms with E-state index in [0.29, 0.717) is 33.7 Å². The maximum Gasteiger partial charge on any atom is 0.342 e. The van der Waals surface area contributed by atoms with Crippen LogP contribution < -0.4 is 14.8 Å². The van der Waals surface area contributed by atoms with Crippen LogP contribution in [0.1, 0.15) is 59.2 Å². The summed E-state index contributed by atoms with van der Waals surface area (Å²) in [5, 5.41) is 3.46. The van der Waals surface area contributed by atoms with E-state index in [-0.39, 0.29) is 24.5 Å². The van der Waals surface area contributed by atoms with Crippen molar-refractivity contribution in [3.8, 4) is 11.5 Å². The van der Waals surface area contributed by atoms with Gasteiger partial charge in [0.1, 0.15) is 16.4 Å². The van der Waals surface area contributed by atoms with Crippen molar-refractivity contribution in [2.45, 2.75) is 43.7 Å². The second-order valence-electron chi connectivity index (χ2n) is 7.30. The number of aromatic nitrogens is 2. The quantitative estimate of drug-likeness (QED) is 0.407. The highest BCUT2D eigenvalue weighted by Crippen LogP contribution is 2.39. The number of ether oxygens (including phenoxy) is 3. The van der Waals surface area contributed by atoms with Crippen molar-refractivity contribution in [3.05, 3.63) is 40.8 Å². The molecule has 2 aromatic rings. The fourth-order valence-electron chi connectivity index (χ4n) is 3.22. The second kappa shape index (κ2) is 8.51. The van der Waals surface area contributed by atoms with Crippen LogP contribution in [-0.2, 0) is 9.53 Å². The molecule has 158 valence electrons. The molecule has 1 saturated carbocycles. The molecule has 1 aliphatic heterocycles. The highest BCUT2D eigenvalue weighted by Gasteiger charge is 2.30. The minimum absolute atomic E-state index is 0.124. The summed E-state index contributed by atoms with van der Waals surface area (Å²) in [6, 6.07) is 5.39. The molecule has 2 aliphatic rings. The second-order valence-corrected chi connectivity index (χ2v) is 8.27. The molecule has 1 unspecified atom stereocenters. The van der Waals surface area contributed by atoms with Crippen molar-refractivity contribution in [2.75, 3.05) is 19.7 Å². The van der Waals surface area contributed by atoms with Gasteiger partial charge in [0.05, 0.1) is 24.6 Å². The third-order valence-corrected chi connectivity index (χ3v) is 6.00. The Bertz CT molecular complexity index is 993. The first-order valence-corrected chi connectivity index (χ1v) is 10.7. The molecule has 30 heavy (non-hydrogen) atoms. The minimum atomic E-state index is -0.494. The maximum absolute atomic E-state index is 12.6.